The lowest BCUT2D eigenvalue weighted by molar-refractivity contribution is -0.140. The number of methoxy groups -OCH3 is 2. The van der Waals surface area contributed by atoms with Gasteiger partial charge in [0.1, 0.15) is 0 Å². The minimum absolute atomic E-state index is 0.0594. The minimum Gasteiger partial charge on any atom is -0.493 e. The van der Waals surface area contributed by atoms with E-state index in [0.717, 1.165) is 25.9 Å². The third-order valence-corrected chi connectivity index (χ3v) is 3.26. The fourth-order valence-electron chi connectivity index (χ4n) is 2.16. The SMILES string of the molecule is COc1cccc(OC)c1OC(=O)C1CCNCC1. The van der Waals surface area contributed by atoms with Crippen molar-refractivity contribution in [2.75, 3.05) is 27.3 Å². The van der Waals surface area contributed by atoms with Crippen molar-refractivity contribution < 1.29 is 19.0 Å². The van der Waals surface area contributed by atoms with Crippen LogP contribution in [0.1, 0.15) is 12.8 Å². The lowest BCUT2D eigenvalue weighted by Gasteiger charge is -2.21. The van der Waals surface area contributed by atoms with Gasteiger partial charge in [-0.15, -0.1) is 0 Å². The summed E-state index contributed by atoms with van der Waals surface area (Å²) in [5, 5.41) is 3.22. The molecule has 1 fully saturated rings. The van der Waals surface area contributed by atoms with Crippen molar-refractivity contribution in [1.82, 2.24) is 5.32 Å². The average Bonchev–Trinajstić information content (AvgIpc) is 2.48. The van der Waals surface area contributed by atoms with Crippen LogP contribution in [-0.2, 0) is 4.79 Å². The first kappa shape index (κ1) is 13.7. The summed E-state index contributed by atoms with van der Waals surface area (Å²) in [5.41, 5.74) is 0. The predicted molar refractivity (Wildman–Crippen MR) is 70.8 cm³/mol. The fraction of sp³-hybridized carbons (Fsp3) is 0.500. The number of piperidine rings is 1. The quantitative estimate of drug-likeness (QED) is 0.662. The zero-order valence-electron chi connectivity index (χ0n) is 11.3. The van der Waals surface area contributed by atoms with Crippen LogP contribution in [0.5, 0.6) is 17.2 Å². The first-order chi connectivity index (χ1) is 9.26. The van der Waals surface area contributed by atoms with Gasteiger partial charge in [-0.2, -0.15) is 0 Å². The molecular formula is C14H19NO4. The highest BCUT2D eigenvalue weighted by atomic mass is 16.6. The van der Waals surface area contributed by atoms with Crippen LogP contribution in [0.3, 0.4) is 0 Å². The topological polar surface area (TPSA) is 56.8 Å². The Morgan fingerprint density at radius 2 is 1.74 bits per heavy atom. The van der Waals surface area contributed by atoms with Crippen LogP contribution in [0, 0.1) is 5.92 Å². The Bertz CT molecular complexity index is 419. The van der Waals surface area contributed by atoms with Crippen LogP contribution in [0.2, 0.25) is 0 Å². The van der Waals surface area contributed by atoms with Gasteiger partial charge >= 0.3 is 5.97 Å². The minimum atomic E-state index is -0.218. The van der Waals surface area contributed by atoms with Crippen molar-refractivity contribution in [2.24, 2.45) is 5.92 Å². The molecule has 0 atom stereocenters. The summed E-state index contributed by atoms with van der Waals surface area (Å²) in [6, 6.07) is 5.28. The number of ether oxygens (including phenoxy) is 3. The maximum absolute atomic E-state index is 12.1. The molecule has 0 amide bonds. The van der Waals surface area contributed by atoms with Crippen LogP contribution >= 0.6 is 0 Å². The second-order valence-electron chi connectivity index (χ2n) is 4.44. The number of nitrogens with one attached hydrogen (secondary N) is 1. The number of rotatable bonds is 4. The van der Waals surface area contributed by atoms with E-state index in [1.807, 2.05) is 0 Å². The second-order valence-corrected chi connectivity index (χ2v) is 4.44. The number of hydrogen-bond donors (Lipinski definition) is 1. The number of carbonyl (C=O) groups is 1. The van der Waals surface area contributed by atoms with Crippen molar-refractivity contribution in [3.05, 3.63) is 18.2 Å². The highest BCUT2D eigenvalue weighted by Gasteiger charge is 2.25. The third kappa shape index (κ3) is 3.17. The number of para-hydroxylation sites is 1. The molecule has 0 bridgehead atoms. The van der Waals surface area contributed by atoms with Gasteiger partial charge in [-0.1, -0.05) is 6.07 Å². The largest absolute Gasteiger partial charge is 0.493 e. The summed E-state index contributed by atoms with van der Waals surface area (Å²) < 4.78 is 15.9. The van der Waals surface area contributed by atoms with E-state index in [2.05, 4.69) is 5.32 Å². The summed E-state index contributed by atoms with van der Waals surface area (Å²) in [7, 11) is 3.08. The number of esters is 1. The molecule has 1 heterocycles. The number of hydrogen-bond acceptors (Lipinski definition) is 5. The van der Waals surface area contributed by atoms with Crippen molar-refractivity contribution in [3.63, 3.8) is 0 Å². The van der Waals surface area contributed by atoms with Gasteiger partial charge in [0.2, 0.25) is 5.75 Å². The first-order valence-electron chi connectivity index (χ1n) is 6.39. The molecule has 104 valence electrons. The smallest absolute Gasteiger partial charge is 0.314 e. The van der Waals surface area contributed by atoms with E-state index in [9.17, 15) is 4.79 Å². The Hall–Kier alpha value is -1.75. The monoisotopic (exact) mass is 265 g/mol. The lowest BCUT2D eigenvalue weighted by Crippen LogP contribution is -2.33. The molecule has 1 aromatic carbocycles. The van der Waals surface area contributed by atoms with Crippen LogP contribution < -0.4 is 19.5 Å². The third-order valence-electron chi connectivity index (χ3n) is 3.26. The second kappa shape index (κ2) is 6.43. The Balaban J connectivity index is 2.15. The van der Waals surface area contributed by atoms with Crippen LogP contribution in [0.4, 0.5) is 0 Å². The molecule has 19 heavy (non-hydrogen) atoms. The molecule has 5 heteroatoms. The van der Waals surface area contributed by atoms with E-state index in [0.29, 0.717) is 17.2 Å². The summed E-state index contributed by atoms with van der Waals surface area (Å²) >= 11 is 0. The summed E-state index contributed by atoms with van der Waals surface area (Å²) in [6.07, 6.45) is 1.60. The van der Waals surface area contributed by atoms with Crippen molar-refractivity contribution in [3.8, 4) is 17.2 Å². The molecule has 1 aliphatic rings. The van der Waals surface area contributed by atoms with E-state index < -0.39 is 0 Å². The Labute approximate surface area is 112 Å². The Morgan fingerprint density at radius 3 is 2.26 bits per heavy atom. The molecule has 0 saturated carbocycles. The molecule has 5 nitrogen and oxygen atoms in total. The molecule has 1 aliphatic heterocycles. The van der Waals surface area contributed by atoms with Gasteiger partial charge in [0, 0.05) is 0 Å². The van der Waals surface area contributed by atoms with Crippen LogP contribution in [0.15, 0.2) is 18.2 Å². The number of carbonyl (C=O) groups excluding carboxylic acids is 1. The molecule has 0 radical (unpaired) electrons. The molecule has 1 aromatic rings. The maximum atomic E-state index is 12.1. The lowest BCUT2D eigenvalue weighted by atomic mass is 9.98. The van der Waals surface area contributed by atoms with Gasteiger partial charge in [-0.3, -0.25) is 4.79 Å². The molecule has 1 saturated heterocycles. The number of benzene rings is 1. The van der Waals surface area contributed by atoms with E-state index in [4.69, 9.17) is 14.2 Å². The van der Waals surface area contributed by atoms with E-state index in [1.54, 1.807) is 18.2 Å². The van der Waals surface area contributed by atoms with E-state index in [-0.39, 0.29) is 11.9 Å². The van der Waals surface area contributed by atoms with E-state index >= 15 is 0 Å². The fourth-order valence-corrected chi connectivity index (χ4v) is 2.16. The molecule has 2 rings (SSSR count). The molecule has 0 aliphatic carbocycles. The van der Waals surface area contributed by atoms with Crippen LogP contribution in [0.25, 0.3) is 0 Å². The van der Waals surface area contributed by atoms with Crippen LogP contribution in [-0.4, -0.2) is 33.3 Å². The van der Waals surface area contributed by atoms with Gasteiger partial charge in [0.15, 0.2) is 11.5 Å². The molecule has 0 spiro atoms. The molecular weight excluding hydrogens is 246 g/mol. The van der Waals surface area contributed by atoms with Gasteiger partial charge in [-0.25, -0.2) is 0 Å². The highest BCUT2D eigenvalue weighted by Crippen LogP contribution is 2.37. The predicted octanol–water partition coefficient (Wildman–Crippen LogP) is 1.61. The maximum Gasteiger partial charge on any atom is 0.314 e. The molecule has 1 N–H and O–H groups in total. The first-order valence-corrected chi connectivity index (χ1v) is 6.39. The van der Waals surface area contributed by atoms with Gasteiger partial charge in [-0.05, 0) is 38.1 Å². The zero-order valence-corrected chi connectivity index (χ0v) is 11.3. The standard InChI is InChI=1S/C14H19NO4/c1-17-11-4-3-5-12(18-2)13(11)19-14(16)10-6-8-15-9-7-10/h3-5,10,15H,6-9H2,1-2H3. The Kier molecular flexibility index (Phi) is 4.63. The van der Waals surface area contributed by atoms with Gasteiger partial charge in [0.05, 0.1) is 20.1 Å². The molecule has 0 aromatic heterocycles. The highest BCUT2D eigenvalue weighted by molar-refractivity contribution is 5.77. The van der Waals surface area contributed by atoms with Gasteiger partial charge in [0.25, 0.3) is 0 Å². The Morgan fingerprint density at radius 1 is 1.16 bits per heavy atom. The van der Waals surface area contributed by atoms with E-state index in [1.165, 1.54) is 14.2 Å². The van der Waals surface area contributed by atoms with Gasteiger partial charge < -0.3 is 19.5 Å². The van der Waals surface area contributed by atoms with Crippen molar-refractivity contribution >= 4 is 5.97 Å². The van der Waals surface area contributed by atoms with Crippen molar-refractivity contribution in [1.29, 1.82) is 0 Å². The summed E-state index contributed by atoms with van der Waals surface area (Å²) in [4.78, 5) is 12.1. The van der Waals surface area contributed by atoms with Crippen molar-refractivity contribution in [2.45, 2.75) is 12.8 Å². The summed E-state index contributed by atoms with van der Waals surface area (Å²) in [5.74, 6) is 1.08. The normalized spacial score (nSPS) is 15.9. The average molecular weight is 265 g/mol. The molecule has 0 unspecified atom stereocenters. The zero-order chi connectivity index (χ0) is 13.7. The summed E-state index contributed by atoms with van der Waals surface area (Å²) in [6.45, 7) is 1.70.